The zero-order chi connectivity index (χ0) is 14.2. The van der Waals surface area contributed by atoms with Crippen LogP contribution in [0.5, 0.6) is 0 Å². The van der Waals surface area contributed by atoms with Gasteiger partial charge in [0.2, 0.25) is 0 Å². The number of nitrogens with one attached hydrogen (secondary N) is 1. The maximum Gasteiger partial charge on any atom is 0.133 e. The van der Waals surface area contributed by atoms with Gasteiger partial charge in [-0.15, -0.1) is 0 Å². The standard InChI is InChI=1S/C15H18FN3/c1-8-6-9(2)13(12(16)7-8)14-10(3)15(17-5)19-11(4)18-14/h6-7H,1-5H3,(H,17,18,19). The highest BCUT2D eigenvalue weighted by Gasteiger charge is 2.16. The van der Waals surface area contributed by atoms with E-state index in [1.54, 1.807) is 7.05 Å². The molecular weight excluding hydrogens is 241 g/mol. The number of aromatic nitrogens is 2. The number of nitrogens with zero attached hydrogens (tertiary/aromatic N) is 2. The van der Waals surface area contributed by atoms with E-state index in [4.69, 9.17) is 0 Å². The van der Waals surface area contributed by atoms with E-state index in [0.717, 1.165) is 22.5 Å². The summed E-state index contributed by atoms with van der Waals surface area (Å²) in [6, 6.07) is 3.51. The van der Waals surface area contributed by atoms with Gasteiger partial charge in [0.15, 0.2) is 0 Å². The minimum Gasteiger partial charge on any atom is -0.373 e. The highest BCUT2D eigenvalue weighted by Crippen LogP contribution is 2.31. The molecule has 0 atom stereocenters. The van der Waals surface area contributed by atoms with Gasteiger partial charge in [-0.05, 0) is 44.9 Å². The molecule has 2 aromatic rings. The van der Waals surface area contributed by atoms with Gasteiger partial charge < -0.3 is 5.32 Å². The Labute approximate surface area is 112 Å². The van der Waals surface area contributed by atoms with Crippen LogP contribution in [0, 0.1) is 33.5 Å². The number of halogens is 1. The Morgan fingerprint density at radius 2 is 1.74 bits per heavy atom. The van der Waals surface area contributed by atoms with Gasteiger partial charge in [-0.1, -0.05) is 6.07 Å². The largest absolute Gasteiger partial charge is 0.373 e. The minimum absolute atomic E-state index is 0.235. The van der Waals surface area contributed by atoms with Crippen LogP contribution in [0.3, 0.4) is 0 Å². The van der Waals surface area contributed by atoms with Crippen LogP contribution in [0.1, 0.15) is 22.5 Å². The van der Waals surface area contributed by atoms with Crippen LogP contribution >= 0.6 is 0 Å². The van der Waals surface area contributed by atoms with Gasteiger partial charge in [-0.3, -0.25) is 0 Å². The summed E-state index contributed by atoms with van der Waals surface area (Å²) in [5, 5.41) is 3.02. The fourth-order valence-corrected chi connectivity index (χ4v) is 2.33. The molecule has 1 aromatic heterocycles. The lowest BCUT2D eigenvalue weighted by Gasteiger charge is -2.14. The second-order valence-corrected chi connectivity index (χ2v) is 4.78. The number of hydrogen-bond acceptors (Lipinski definition) is 3. The summed E-state index contributed by atoms with van der Waals surface area (Å²) >= 11 is 0. The average molecular weight is 259 g/mol. The smallest absolute Gasteiger partial charge is 0.133 e. The first kappa shape index (κ1) is 13.5. The van der Waals surface area contributed by atoms with Crippen molar-refractivity contribution in [1.29, 1.82) is 0 Å². The molecular formula is C15H18FN3. The lowest BCUT2D eigenvalue weighted by atomic mass is 9.99. The Morgan fingerprint density at radius 1 is 1.05 bits per heavy atom. The number of anilines is 1. The molecule has 0 unspecified atom stereocenters. The Balaban J connectivity index is 2.76. The summed E-state index contributed by atoms with van der Waals surface area (Å²) in [5.74, 6) is 1.13. The summed E-state index contributed by atoms with van der Waals surface area (Å²) in [6.45, 7) is 7.50. The van der Waals surface area contributed by atoms with E-state index >= 15 is 0 Å². The Morgan fingerprint density at radius 3 is 2.32 bits per heavy atom. The first-order valence-electron chi connectivity index (χ1n) is 6.24. The SMILES string of the molecule is CNc1nc(C)nc(-c2c(C)cc(C)cc2F)c1C. The molecule has 3 nitrogen and oxygen atoms in total. The predicted octanol–water partition coefficient (Wildman–Crippen LogP) is 3.56. The third kappa shape index (κ3) is 2.43. The van der Waals surface area contributed by atoms with Gasteiger partial charge in [0.25, 0.3) is 0 Å². The topological polar surface area (TPSA) is 37.8 Å². The van der Waals surface area contributed by atoms with Gasteiger partial charge in [0.05, 0.1) is 5.69 Å². The second kappa shape index (κ2) is 4.96. The van der Waals surface area contributed by atoms with Crippen molar-refractivity contribution >= 4 is 5.82 Å². The predicted molar refractivity (Wildman–Crippen MR) is 75.9 cm³/mol. The van der Waals surface area contributed by atoms with Crippen molar-refractivity contribution in [2.45, 2.75) is 27.7 Å². The third-order valence-electron chi connectivity index (χ3n) is 3.16. The fourth-order valence-electron chi connectivity index (χ4n) is 2.33. The van der Waals surface area contributed by atoms with Crippen molar-refractivity contribution in [2.75, 3.05) is 12.4 Å². The van der Waals surface area contributed by atoms with Crippen LogP contribution in [-0.2, 0) is 0 Å². The maximum atomic E-state index is 14.3. The number of benzene rings is 1. The lowest BCUT2D eigenvalue weighted by Crippen LogP contribution is -2.04. The fraction of sp³-hybridized carbons (Fsp3) is 0.333. The molecule has 4 heteroatoms. The average Bonchev–Trinajstić information content (AvgIpc) is 2.31. The molecule has 0 fully saturated rings. The summed E-state index contributed by atoms with van der Waals surface area (Å²) in [6.07, 6.45) is 0. The Bertz CT molecular complexity index is 613. The van der Waals surface area contributed by atoms with Crippen molar-refractivity contribution in [3.8, 4) is 11.3 Å². The number of rotatable bonds is 2. The zero-order valence-electron chi connectivity index (χ0n) is 11.9. The van der Waals surface area contributed by atoms with E-state index < -0.39 is 0 Å². The minimum atomic E-state index is -0.235. The van der Waals surface area contributed by atoms with Crippen LogP contribution in [0.4, 0.5) is 10.2 Å². The molecule has 0 aliphatic rings. The molecule has 0 amide bonds. The Kier molecular flexibility index (Phi) is 3.51. The van der Waals surface area contributed by atoms with Crippen LogP contribution in [0.15, 0.2) is 12.1 Å². The van der Waals surface area contributed by atoms with Gasteiger partial charge >= 0.3 is 0 Å². The van der Waals surface area contributed by atoms with Crippen molar-refractivity contribution < 1.29 is 4.39 Å². The van der Waals surface area contributed by atoms with Gasteiger partial charge in [-0.25, -0.2) is 14.4 Å². The summed E-state index contributed by atoms with van der Waals surface area (Å²) in [5.41, 5.74) is 3.88. The van der Waals surface area contributed by atoms with E-state index in [1.165, 1.54) is 6.07 Å². The summed E-state index contributed by atoms with van der Waals surface area (Å²) in [4.78, 5) is 8.72. The first-order valence-corrected chi connectivity index (χ1v) is 6.24. The van der Waals surface area contributed by atoms with Crippen LogP contribution in [-0.4, -0.2) is 17.0 Å². The third-order valence-corrected chi connectivity index (χ3v) is 3.16. The quantitative estimate of drug-likeness (QED) is 0.896. The molecule has 0 radical (unpaired) electrons. The number of aryl methyl sites for hydroxylation is 3. The van der Waals surface area contributed by atoms with Gasteiger partial charge in [0, 0.05) is 18.2 Å². The van der Waals surface area contributed by atoms with Gasteiger partial charge in [0.1, 0.15) is 17.5 Å². The zero-order valence-corrected chi connectivity index (χ0v) is 11.9. The van der Waals surface area contributed by atoms with Crippen molar-refractivity contribution in [3.05, 3.63) is 40.5 Å². The molecule has 0 spiro atoms. The highest BCUT2D eigenvalue weighted by atomic mass is 19.1. The van der Waals surface area contributed by atoms with E-state index in [-0.39, 0.29) is 5.82 Å². The highest BCUT2D eigenvalue weighted by molar-refractivity contribution is 5.71. The molecule has 0 saturated heterocycles. The molecule has 0 saturated carbocycles. The molecule has 1 N–H and O–H groups in total. The molecule has 0 bridgehead atoms. The molecule has 1 heterocycles. The maximum absolute atomic E-state index is 14.3. The van der Waals surface area contributed by atoms with E-state index in [0.29, 0.717) is 17.1 Å². The lowest BCUT2D eigenvalue weighted by molar-refractivity contribution is 0.628. The van der Waals surface area contributed by atoms with Crippen molar-refractivity contribution in [3.63, 3.8) is 0 Å². The number of hydrogen-bond donors (Lipinski definition) is 1. The second-order valence-electron chi connectivity index (χ2n) is 4.78. The molecule has 2 rings (SSSR count). The van der Waals surface area contributed by atoms with Crippen LogP contribution in [0.2, 0.25) is 0 Å². The van der Waals surface area contributed by atoms with E-state index in [2.05, 4.69) is 15.3 Å². The normalized spacial score (nSPS) is 10.6. The molecule has 19 heavy (non-hydrogen) atoms. The molecule has 0 aliphatic heterocycles. The molecule has 100 valence electrons. The van der Waals surface area contributed by atoms with E-state index in [9.17, 15) is 4.39 Å². The Hall–Kier alpha value is -1.97. The summed E-state index contributed by atoms with van der Waals surface area (Å²) in [7, 11) is 1.80. The van der Waals surface area contributed by atoms with Crippen molar-refractivity contribution in [2.24, 2.45) is 0 Å². The van der Waals surface area contributed by atoms with Crippen LogP contribution in [0.25, 0.3) is 11.3 Å². The van der Waals surface area contributed by atoms with Gasteiger partial charge in [-0.2, -0.15) is 0 Å². The molecule has 1 aromatic carbocycles. The summed E-state index contributed by atoms with van der Waals surface area (Å²) < 4.78 is 14.3. The van der Waals surface area contributed by atoms with Crippen LogP contribution < -0.4 is 5.32 Å². The monoisotopic (exact) mass is 259 g/mol. The van der Waals surface area contributed by atoms with E-state index in [1.807, 2.05) is 33.8 Å². The first-order chi connectivity index (χ1) is 8.93. The van der Waals surface area contributed by atoms with Crippen molar-refractivity contribution in [1.82, 2.24) is 9.97 Å². The molecule has 0 aliphatic carbocycles.